The number of phenols is 1. The summed E-state index contributed by atoms with van der Waals surface area (Å²) in [6.07, 6.45) is 1.13. The molecule has 1 unspecified atom stereocenters. The van der Waals surface area contributed by atoms with Gasteiger partial charge in [-0.1, -0.05) is 0 Å². The molecule has 2 nitrogen and oxygen atoms in total. The van der Waals surface area contributed by atoms with Gasteiger partial charge in [0.1, 0.15) is 0 Å². The van der Waals surface area contributed by atoms with Gasteiger partial charge in [-0.15, -0.1) is 0 Å². The third-order valence-corrected chi connectivity index (χ3v) is 6.37. The Labute approximate surface area is 156 Å². The van der Waals surface area contributed by atoms with E-state index in [2.05, 4.69) is 47.8 Å². The molecule has 3 heteroatoms. The van der Waals surface area contributed by atoms with E-state index < -0.39 is 0 Å². The van der Waals surface area contributed by atoms with Crippen LogP contribution in [-0.4, -0.2) is 26.6 Å². The van der Waals surface area contributed by atoms with Crippen molar-refractivity contribution in [2.45, 2.75) is 17.8 Å². The second-order valence-electron chi connectivity index (χ2n) is 5.87. The molecule has 0 fully saturated rings. The van der Waals surface area contributed by atoms with Gasteiger partial charge in [-0.25, -0.2) is 0 Å². The summed E-state index contributed by atoms with van der Waals surface area (Å²) in [7, 11) is 0. The van der Waals surface area contributed by atoms with Crippen molar-refractivity contribution in [1.82, 2.24) is 5.32 Å². The van der Waals surface area contributed by atoms with Crippen LogP contribution < -0.4 is 9.78 Å². The molecule has 0 heterocycles. The van der Waals surface area contributed by atoms with Gasteiger partial charge in [-0.05, 0) is 0 Å². The van der Waals surface area contributed by atoms with Crippen LogP contribution in [0.3, 0.4) is 0 Å². The van der Waals surface area contributed by atoms with Gasteiger partial charge in [0.25, 0.3) is 0 Å². The van der Waals surface area contributed by atoms with Crippen LogP contribution in [0.4, 0.5) is 0 Å². The molecule has 0 aliphatic carbocycles. The Morgan fingerprint density at radius 1 is 0.800 bits per heavy atom. The van der Waals surface area contributed by atoms with Gasteiger partial charge in [0.2, 0.25) is 0 Å². The van der Waals surface area contributed by atoms with Crippen molar-refractivity contribution in [2.75, 3.05) is 6.54 Å². The molecule has 0 radical (unpaired) electrons. The molecule has 3 aromatic rings. The predicted molar refractivity (Wildman–Crippen MR) is 106 cm³/mol. The third-order valence-electron chi connectivity index (χ3n) is 4.06. The standard InChI is InChI=1S/C22H23NOSe/c24-21-15-8-7-14-20(21)22(18-10-3-1-4-11-18)23-16-9-17-25-19-12-5-2-6-13-19/h1-8,10-15,22-24H,9,16-17H2. The molecule has 0 aliphatic rings. The summed E-state index contributed by atoms with van der Waals surface area (Å²) in [6.45, 7) is 0.933. The number of hydrogen-bond acceptors (Lipinski definition) is 2. The molecular formula is C22H23NOSe. The first kappa shape index (κ1) is 17.8. The molecule has 2 N–H and O–H groups in total. The summed E-state index contributed by atoms with van der Waals surface area (Å²) in [4.78, 5) is 0. The van der Waals surface area contributed by atoms with Crippen molar-refractivity contribution in [2.24, 2.45) is 0 Å². The van der Waals surface area contributed by atoms with E-state index in [4.69, 9.17) is 0 Å². The van der Waals surface area contributed by atoms with Crippen molar-refractivity contribution >= 4 is 19.4 Å². The quantitative estimate of drug-likeness (QED) is 0.447. The van der Waals surface area contributed by atoms with E-state index in [9.17, 15) is 5.11 Å². The summed E-state index contributed by atoms with van der Waals surface area (Å²) in [5.74, 6) is 0.345. The summed E-state index contributed by atoms with van der Waals surface area (Å²) in [6, 6.07) is 28.6. The number of hydrogen-bond donors (Lipinski definition) is 2. The Hall–Kier alpha value is -2.06. The van der Waals surface area contributed by atoms with Crippen molar-refractivity contribution < 1.29 is 5.11 Å². The molecule has 0 aromatic heterocycles. The minimum absolute atomic E-state index is 0.0200. The molecule has 1 atom stereocenters. The maximum absolute atomic E-state index is 10.3. The number of phenolic OH excluding ortho intramolecular Hbond substituents is 1. The Balaban J connectivity index is 1.60. The normalized spacial score (nSPS) is 12.0. The zero-order valence-corrected chi connectivity index (χ0v) is 15.9. The molecule has 0 spiro atoms. The Kier molecular flexibility index (Phi) is 6.70. The average molecular weight is 396 g/mol. The summed E-state index contributed by atoms with van der Waals surface area (Å²) >= 11 is 0.528. The predicted octanol–water partition coefficient (Wildman–Crippen LogP) is 3.91. The Bertz CT molecular complexity index is 761. The summed E-state index contributed by atoms with van der Waals surface area (Å²) in [5.41, 5.74) is 2.11. The van der Waals surface area contributed by atoms with Gasteiger partial charge < -0.3 is 0 Å². The SMILES string of the molecule is Oc1ccccc1C(NCCC[Se]c1ccccc1)c1ccccc1. The van der Waals surface area contributed by atoms with Crippen LogP contribution in [0.2, 0.25) is 5.32 Å². The molecule has 25 heavy (non-hydrogen) atoms. The zero-order chi connectivity index (χ0) is 17.3. The molecular weight excluding hydrogens is 373 g/mol. The van der Waals surface area contributed by atoms with E-state index in [0.717, 1.165) is 18.5 Å². The second kappa shape index (κ2) is 9.43. The monoisotopic (exact) mass is 397 g/mol. The van der Waals surface area contributed by atoms with Crippen LogP contribution in [-0.2, 0) is 0 Å². The van der Waals surface area contributed by atoms with Crippen molar-refractivity contribution in [1.29, 1.82) is 0 Å². The van der Waals surface area contributed by atoms with Gasteiger partial charge in [-0.2, -0.15) is 0 Å². The molecule has 0 aliphatic heterocycles. The number of aromatic hydroxyl groups is 1. The van der Waals surface area contributed by atoms with Gasteiger partial charge in [0.15, 0.2) is 0 Å². The Morgan fingerprint density at radius 2 is 1.44 bits per heavy atom. The van der Waals surface area contributed by atoms with Gasteiger partial charge >= 0.3 is 156 Å². The van der Waals surface area contributed by atoms with Crippen LogP contribution in [0.15, 0.2) is 84.9 Å². The molecule has 0 saturated carbocycles. The first-order valence-electron chi connectivity index (χ1n) is 8.58. The van der Waals surface area contributed by atoms with E-state index in [1.807, 2.05) is 36.4 Å². The van der Waals surface area contributed by atoms with Gasteiger partial charge in [-0.3, -0.25) is 0 Å². The average Bonchev–Trinajstić information content (AvgIpc) is 2.67. The molecule has 128 valence electrons. The minimum atomic E-state index is 0.0200. The molecule has 3 aromatic carbocycles. The van der Waals surface area contributed by atoms with Gasteiger partial charge in [0.05, 0.1) is 0 Å². The molecule has 0 saturated heterocycles. The van der Waals surface area contributed by atoms with Crippen LogP contribution >= 0.6 is 0 Å². The zero-order valence-electron chi connectivity index (χ0n) is 14.1. The van der Waals surface area contributed by atoms with E-state index >= 15 is 0 Å². The summed E-state index contributed by atoms with van der Waals surface area (Å²) in [5, 5.41) is 15.1. The van der Waals surface area contributed by atoms with E-state index in [0.29, 0.717) is 20.7 Å². The fourth-order valence-corrected chi connectivity index (χ4v) is 4.64. The molecule has 0 bridgehead atoms. The fraction of sp³-hybridized carbons (Fsp3) is 0.182. The Morgan fingerprint density at radius 3 is 2.16 bits per heavy atom. The van der Waals surface area contributed by atoms with E-state index in [1.54, 1.807) is 6.07 Å². The van der Waals surface area contributed by atoms with Crippen LogP contribution in [0, 0.1) is 0 Å². The number of rotatable bonds is 8. The maximum atomic E-state index is 10.3. The van der Waals surface area contributed by atoms with Crippen molar-refractivity contribution in [3.05, 3.63) is 96.1 Å². The number of para-hydroxylation sites is 1. The topological polar surface area (TPSA) is 32.3 Å². The van der Waals surface area contributed by atoms with Crippen molar-refractivity contribution in [3.63, 3.8) is 0 Å². The van der Waals surface area contributed by atoms with E-state index in [1.165, 1.54) is 15.3 Å². The van der Waals surface area contributed by atoms with Crippen LogP contribution in [0.1, 0.15) is 23.6 Å². The number of benzene rings is 3. The second-order valence-corrected chi connectivity index (χ2v) is 8.32. The first-order valence-corrected chi connectivity index (χ1v) is 10.7. The van der Waals surface area contributed by atoms with E-state index in [-0.39, 0.29) is 6.04 Å². The molecule has 0 amide bonds. The van der Waals surface area contributed by atoms with Crippen molar-refractivity contribution in [3.8, 4) is 5.75 Å². The fourth-order valence-electron chi connectivity index (χ4n) is 2.81. The molecule has 3 rings (SSSR count). The first-order chi connectivity index (χ1) is 12.3. The van der Waals surface area contributed by atoms with Crippen LogP contribution in [0.25, 0.3) is 0 Å². The summed E-state index contributed by atoms with van der Waals surface area (Å²) < 4.78 is 1.45. The van der Waals surface area contributed by atoms with Gasteiger partial charge in [0, 0.05) is 0 Å². The third kappa shape index (κ3) is 5.20. The van der Waals surface area contributed by atoms with Crippen LogP contribution in [0.5, 0.6) is 5.75 Å². The number of nitrogens with one attached hydrogen (secondary N) is 1.